The lowest BCUT2D eigenvalue weighted by molar-refractivity contribution is 0.0536. The maximum Gasteiger partial charge on any atom is 0.166 e. The van der Waals surface area contributed by atoms with Gasteiger partial charge in [0.25, 0.3) is 0 Å². The number of hydrogen-bond donors (Lipinski definition) is 0. The molecule has 0 N–H and O–H groups in total. The highest BCUT2D eigenvalue weighted by Gasteiger charge is 2.21. The molecule has 104 valence electrons. The van der Waals surface area contributed by atoms with Crippen molar-refractivity contribution < 1.29 is 14.2 Å². The number of rotatable bonds is 3. The van der Waals surface area contributed by atoms with Gasteiger partial charge in [0.2, 0.25) is 0 Å². The predicted molar refractivity (Wildman–Crippen MR) is 78.3 cm³/mol. The molecule has 0 saturated heterocycles. The van der Waals surface area contributed by atoms with E-state index in [0.29, 0.717) is 29.0 Å². The Hall–Kier alpha value is -1.58. The van der Waals surface area contributed by atoms with Crippen molar-refractivity contribution in [2.75, 3.05) is 13.2 Å². The number of hydrogen-bond acceptors (Lipinski definition) is 3. The molecule has 0 fully saturated rings. The molecule has 5 heteroatoms. The van der Waals surface area contributed by atoms with E-state index < -0.39 is 0 Å². The largest absolute Gasteiger partial charge is 0.488 e. The van der Waals surface area contributed by atoms with Crippen LogP contribution in [-0.2, 0) is 0 Å². The summed E-state index contributed by atoms with van der Waals surface area (Å²) in [6, 6.07) is 12.7. The molecule has 1 atom stereocenters. The molecule has 0 bridgehead atoms. The number of para-hydroxylation sites is 2. The van der Waals surface area contributed by atoms with E-state index in [1.165, 1.54) is 0 Å². The second-order valence-electron chi connectivity index (χ2n) is 4.38. The van der Waals surface area contributed by atoms with Gasteiger partial charge in [0.05, 0.1) is 5.02 Å². The standard InChI is InChI=1S/C15H12Cl2O3/c16-10-5-6-13(12(17)7-10)18-8-11-9-19-14-3-1-2-4-15(14)20-11/h1-7,11H,8-9H2. The van der Waals surface area contributed by atoms with E-state index in [4.69, 9.17) is 37.4 Å². The predicted octanol–water partition coefficient (Wildman–Crippen LogP) is 4.21. The molecule has 0 radical (unpaired) electrons. The fraction of sp³-hybridized carbons (Fsp3) is 0.200. The molecule has 0 aromatic heterocycles. The van der Waals surface area contributed by atoms with E-state index in [2.05, 4.69) is 0 Å². The summed E-state index contributed by atoms with van der Waals surface area (Å²) in [6.07, 6.45) is -0.170. The third kappa shape index (κ3) is 2.94. The maximum atomic E-state index is 6.05. The van der Waals surface area contributed by atoms with Crippen LogP contribution in [0.25, 0.3) is 0 Å². The van der Waals surface area contributed by atoms with Gasteiger partial charge in [0.1, 0.15) is 19.0 Å². The van der Waals surface area contributed by atoms with Gasteiger partial charge < -0.3 is 14.2 Å². The molecular formula is C15H12Cl2O3. The summed E-state index contributed by atoms with van der Waals surface area (Å²) in [5.41, 5.74) is 0. The molecule has 2 aromatic rings. The molecule has 0 aliphatic carbocycles. The molecule has 0 amide bonds. The van der Waals surface area contributed by atoms with Crippen LogP contribution in [0, 0.1) is 0 Å². The van der Waals surface area contributed by atoms with Gasteiger partial charge in [-0.1, -0.05) is 35.3 Å². The molecule has 1 aliphatic heterocycles. The fourth-order valence-electron chi connectivity index (χ4n) is 1.92. The Kier molecular flexibility index (Phi) is 3.90. The van der Waals surface area contributed by atoms with Crippen molar-refractivity contribution in [2.45, 2.75) is 6.10 Å². The van der Waals surface area contributed by atoms with Crippen molar-refractivity contribution in [1.82, 2.24) is 0 Å². The summed E-state index contributed by atoms with van der Waals surface area (Å²) < 4.78 is 17.1. The molecule has 0 spiro atoms. The van der Waals surface area contributed by atoms with Crippen LogP contribution in [0.3, 0.4) is 0 Å². The zero-order chi connectivity index (χ0) is 13.9. The van der Waals surface area contributed by atoms with Crippen molar-refractivity contribution in [3.05, 3.63) is 52.5 Å². The Labute approximate surface area is 127 Å². The normalized spacial score (nSPS) is 16.8. The van der Waals surface area contributed by atoms with Crippen LogP contribution in [-0.4, -0.2) is 19.3 Å². The number of benzene rings is 2. The van der Waals surface area contributed by atoms with Crippen LogP contribution >= 0.6 is 23.2 Å². The highest BCUT2D eigenvalue weighted by Crippen LogP contribution is 2.32. The molecule has 1 heterocycles. The SMILES string of the molecule is Clc1ccc(OCC2COc3ccccc3O2)c(Cl)c1. The second-order valence-corrected chi connectivity index (χ2v) is 5.23. The minimum absolute atomic E-state index is 0.170. The van der Waals surface area contributed by atoms with Gasteiger partial charge in [-0.2, -0.15) is 0 Å². The van der Waals surface area contributed by atoms with Gasteiger partial charge in [0.15, 0.2) is 17.6 Å². The van der Waals surface area contributed by atoms with Crippen molar-refractivity contribution in [3.63, 3.8) is 0 Å². The lowest BCUT2D eigenvalue weighted by Gasteiger charge is -2.26. The Morgan fingerprint density at radius 3 is 2.70 bits per heavy atom. The van der Waals surface area contributed by atoms with Crippen LogP contribution in [0.5, 0.6) is 17.2 Å². The van der Waals surface area contributed by atoms with E-state index in [1.54, 1.807) is 18.2 Å². The van der Waals surface area contributed by atoms with Crippen LogP contribution in [0.4, 0.5) is 0 Å². The van der Waals surface area contributed by atoms with E-state index in [1.807, 2.05) is 24.3 Å². The summed E-state index contributed by atoms with van der Waals surface area (Å²) in [5.74, 6) is 2.07. The molecule has 3 rings (SSSR count). The van der Waals surface area contributed by atoms with Crippen molar-refractivity contribution in [2.24, 2.45) is 0 Å². The van der Waals surface area contributed by atoms with Crippen LogP contribution < -0.4 is 14.2 Å². The average Bonchev–Trinajstić information content (AvgIpc) is 2.46. The Bertz CT molecular complexity index is 616. The first-order valence-electron chi connectivity index (χ1n) is 6.19. The van der Waals surface area contributed by atoms with Gasteiger partial charge in [-0.3, -0.25) is 0 Å². The number of halogens is 2. The molecule has 1 unspecified atom stereocenters. The average molecular weight is 311 g/mol. The van der Waals surface area contributed by atoms with E-state index >= 15 is 0 Å². The third-order valence-electron chi connectivity index (χ3n) is 2.89. The monoisotopic (exact) mass is 310 g/mol. The summed E-state index contributed by atoms with van der Waals surface area (Å²) in [4.78, 5) is 0. The van der Waals surface area contributed by atoms with Gasteiger partial charge in [-0.15, -0.1) is 0 Å². The number of fused-ring (bicyclic) bond motifs is 1. The Morgan fingerprint density at radius 2 is 1.90 bits per heavy atom. The summed E-state index contributed by atoms with van der Waals surface area (Å²) in [6.45, 7) is 0.803. The Balaban J connectivity index is 1.63. The second kappa shape index (κ2) is 5.81. The fourth-order valence-corrected chi connectivity index (χ4v) is 2.38. The van der Waals surface area contributed by atoms with Gasteiger partial charge in [-0.25, -0.2) is 0 Å². The van der Waals surface area contributed by atoms with Crippen LogP contribution in [0.15, 0.2) is 42.5 Å². The van der Waals surface area contributed by atoms with Crippen LogP contribution in [0.2, 0.25) is 10.0 Å². The quantitative estimate of drug-likeness (QED) is 0.850. The van der Waals surface area contributed by atoms with Crippen LogP contribution in [0.1, 0.15) is 0 Å². The minimum atomic E-state index is -0.170. The first-order valence-corrected chi connectivity index (χ1v) is 6.94. The first-order chi connectivity index (χ1) is 9.72. The van der Waals surface area contributed by atoms with E-state index in [9.17, 15) is 0 Å². The zero-order valence-corrected chi connectivity index (χ0v) is 12.0. The molecular weight excluding hydrogens is 299 g/mol. The van der Waals surface area contributed by atoms with Crippen molar-refractivity contribution >= 4 is 23.2 Å². The minimum Gasteiger partial charge on any atom is -0.488 e. The molecule has 20 heavy (non-hydrogen) atoms. The molecule has 2 aromatic carbocycles. The number of ether oxygens (including phenoxy) is 3. The van der Waals surface area contributed by atoms with Gasteiger partial charge in [0, 0.05) is 5.02 Å². The van der Waals surface area contributed by atoms with Crippen molar-refractivity contribution in [3.8, 4) is 17.2 Å². The topological polar surface area (TPSA) is 27.7 Å². The third-order valence-corrected chi connectivity index (χ3v) is 3.42. The van der Waals surface area contributed by atoms with Gasteiger partial charge >= 0.3 is 0 Å². The first kappa shape index (κ1) is 13.4. The van der Waals surface area contributed by atoms with Gasteiger partial charge in [-0.05, 0) is 30.3 Å². The van der Waals surface area contributed by atoms with E-state index in [0.717, 1.165) is 11.5 Å². The highest BCUT2D eigenvalue weighted by atomic mass is 35.5. The lowest BCUT2D eigenvalue weighted by Crippen LogP contribution is -2.34. The molecule has 3 nitrogen and oxygen atoms in total. The molecule has 1 aliphatic rings. The maximum absolute atomic E-state index is 6.05. The summed E-state index contributed by atoms with van der Waals surface area (Å²) in [7, 11) is 0. The highest BCUT2D eigenvalue weighted by molar-refractivity contribution is 6.35. The zero-order valence-electron chi connectivity index (χ0n) is 10.5. The van der Waals surface area contributed by atoms with E-state index in [-0.39, 0.29) is 6.10 Å². The molecule has 0 saturated carbocycles. The van der Waals surface area contributed by atoms with Crippen molar-refractivity contribution in [1.29, 1.82) is 0 Å². The summed E-state index contributed by atoms with van der Waals surface area (Å²) in [5, 5.41) is 1.06. The smallest absolute Gasteiger partial charge is 0.166 e. The lowest BCUT2D eigenvalue weighted by atomic mass is 10.2. The summed E-state index contributed by atoms with van der Waals surface area (Å²) >= 11 is 11.9. The Morgan fingerprint density at radius 1 is 1.10 bits per heavy atom.